The smallest absolute Gasteiger partial charge is 0.254 e. The number of hydrogen-bond donors (Lipinski definition) is 2. The summed E-state index contributed by atoms with van der Waals surface area (Å²) in [6.07, 6.45) is 0.333. The molecule has 2 N–H and O–H groups in total. The van der Waals surface area contributed by atoms with E-state index in [0.29, 0.717) is 23.5 Å². The van der Waals surface area contributed by atoms with E-state index in [2.05, 4.69) is 25.9 Å². The Morgan fingerprint density at radius 2 is 2.35 bits per heavy atom. The van der Waals surface area contributed by atoms with E-state index < -0.39 is 0 Å². The van der Waals surface area contributed by atoms with Crippen LogP contribution in [-0.2, 0) is 6.42 Å². The standard InChI is InChI=1S/C11H11BrN2O2S/c1-6-7(2-4-15)11(16)14-10(13-6)9-8(12)3-5-17-9/h3,5,15H,2,4H2,1H3,(H,13,14,16). The zero-order valence-corrected chi connectivity index (χ0v) is 11.6. The molecule has 0 bridgehead atoms. The van der Waals surface area contributed by atoms with Gasteiger partial charge in [0.1, 0.15) is 0 Å². The van der Waals surface area contributed by atoms with E-state index >= 15 is 0 Å². The molecule has 2 aromatic rings. The van der Waals surface area contributed by atoms with E-state index in [1.54, 1.807) is 6.92 Å². The summed E-state index contributed by atoms with van der Waals surface area (Å²) in [4.78, 5) is 19.9. The van der Waals surface area contributed by atoms with Gasteiger partial charge in [0.05, 0.1) is 4.88 Å². The van der Waals surface area contributed by atoms with Gasteiger partial charge in [0.2, 0.25) is 0 Å². The Kier molecular flexibility index (Phi) is 3.76. The predicted octanol–water partition coefficient (Wildman–Crippen LogP) is 2.10. The molecule has 90 valence electrons. The van der Waals surface area contributed by atoms with Crippen LogP contribution in [0, 0.1) is 6.92 Å². The molecule has 4 nitrogen and oxygen atoms in total. The third-order valence-corrected chi connectivity index (χ3v) is 4.26. The number of halogens is 1. The summed E-state index contributed by atoms with van der Waals surface area (Å²) in [5, 5.41) is 10.8. The number of nitrogens with zero attached hydrogens (tertiary/aromatic N) is 1. The van der Waals surface area contributed by atoms with Gasteiger partial charge in [-0.3, -0.25) is 4.79 Å². The maximum Gasteiger partial charge on any atom is 0.254 e. The van der Waals surface area contributed by atoms with Crippen molar-refractivity contribution in [1.29, 1.82) is 0 Å². The van der Waals surface area contributed by atoms with Crippen LogP contribution in [0.5, 0.6) is 0 Å². The van der Waals surface area contributed by atoms with Crippen molar-refractivity contribution in [2.75, 3.05) is 6.61 Å². The second kappa shape index (κ2) is 5.12. The molecular formula is C11H11BrN2O2S. The van der Waals surface area contributed by atoms with Crippen LogP contribution in [0.3, 0.4) is 0 Å². The minimum atomic E-state index is -0.179. The Hall–Kier alpha value is -0.980. The second-order valence-electron chi connectivity index (χ2n) is 3.55. The first-order chi connectivity index (χ1) is 8.13. The third-order valence-electron chi connectivity index (χ3n) is 2.42. The maximum atomic E-state index is 11.8. The Morgan fingerprint density at radius 1 is 1.59 bits per heavy atom. The number of H-pyrrole nitrogens is 1. The van der Waals surface area contributed by atoms with E-state index in [-0.39, 0.29) is 12.2 Å². The van der Waals surface area contributed by atoms with Gasteiger partial charge in [0, 0.05) is 28.8 Å². The summed E-state index contributed by atoms with van der Waals surface area (Å²) >= 11 is 4.92. The summed E-state index contributed by atoms with van der Waals surface area (Å²) in [6.45, 7) is 1.74. The van der Waals surface area contributed by atoms with Crippen molar-refractivity contribution in [2.45, 2.75) is 13.3 Å². The average Bonchev–Trinajstić information content (AvgIpc) is 2.69. The van der Waals surface area contributed by atoms with E-state index in [9.17, 15) is 4.79 Å². The molecule has 0 atom stereocenters. The Morgan fingerprint density at radius 3 is 2.88 bits per heavy atom. The SMILES string of the molecule is Cc1nc(-c2sccc2Br)[nH]c(=O)c1CCO. The fraction of sp³-hybridized carbons (Fsp3) is 0.273. The minimum absolute atomic E-state index is 0.0480. The number of hydrogen-bond acceptors (Lipinski definition) is 4. The highest BCUT2D eigenvalue weighted by atomic mass is 79.9. The Labute approximate surface area is 110 Å². The lowest BCUT2D eigenvalue weighted by Gasteiger charge is -2.05. The fourth-order valence-corrected chi connectivity index (χ4v) is 3.09. The molecule has 0 aromatic carbocycles. The molecule has 0 saturated carbocycles. The zero-order chi connectivity index (χ0) is 12.4. The molecule has 2 rings (SSSR count). The van der Waals surface area contributed by atoms with Crippen LogP contribution in [0.2, 0.25) is 0 Å². The lowest BCUT2D eigenvalue weighted by Crippen LogP contribution is -2.18. The summed E-state index contributed by atoms with van der Waals surface area (Å²) in [5.41, 5.74) is 1.03. The van der Waals surface area contributed by atoms with Crippen molar-refractivity contribution in [1.82, 2.24) is 9.97 Å². The zero-order valence-electron chi connectivity index (χ0n) is 9.16. The van der Waals surface area contributed by atoms with Crippen molar-refractivity contribution in [3.8, 4) is 10.7 Å². The summed E-state index contributed by atoms with van der Waals surface area (Å²) in [5.74, 6) is 0.566. The molecular weight excluding hydrogens is 304 g/mol. The van der Waals surface area contributed by atoms with Crippen molar-refractivity contribution in [3.63, 3.8) is 0 Å². The number of aryl methyl sites for hydroxylation is 1. The van der Waals surface area contributed by atoms with Crippen molar-refractivity contribution >= 4 is 27.3 Å². The molecule has 0 aliphatic rings. The van der Waals surface area contributed by atoms with Gasteiger partial charge in [0.15, 0.2) is 5.82 Å². The molecule has 2 heterocycles. The van der Waals surface area contributed by atoms with Crippen LogP contribution in [0.25, 0.3) is 10.7 Å². The number of thiophene rings is 1. The van der Waals surface area contributed by atoms with E-state index in [1.807, 2.05) is 11.4 Å². The highest BCUT2D eigenvalue weighted by Crippen LogP contribution is 2.30. The molecule has 0 saturated heterocycles. The van der Waals surface area contributed by atoms with Crippen LogP contribution in [0.1, 0.15) is 11.3 Å². The summed E-state index contributed by atoms with van der Waals surface area (Å²) in [7, 11) is 0. The first-order valence-electron chi connectivity index (χ1n) is 5.07. The highest BCUT2D eigenvalue weighted by molar-refractivity contribution is 9.10. The number of aliphatic hydroxyl groups is 1. The van der Waals surface area contributed by atoms with Crippen molar-refractivity contribution in [3.05, 3.63) is 37.5 Å². The van der Waals surface area contributed by atoms with E-state index in [0.717, 1.165) is 9.35 Å². The first-order valence-corrected chi connectivity index (χ1v) is 6.74. The third kappa shape index (κ3) is 2.48. The van der Waals surface area contributed by atoms with Gasteiger partial charge >= 0.3 is 0 Å². The van der Waals surface area contributed by atoms with Crippen LogP contribution in [0.4, 0.5) is 0 Å². The van der Waals surface area contributed by atoms with Gasteiger partial charge in [-0.1, -0.05) is 0 Å². The van der Waals surface area contributed by atoms with Crippen molar-refractivity contribution < 1.29 is 5.11 Å². The van der Waals surface area contributed by atoms with Gasteiger partial charge in [-0.25, -0.2) is 4.98 Å². The Balaban J connectivity index is 2.53. The molecule has 17 heavy (non-hydrogen) atoms. The molecule has 0 fully saturated rings. The largest absolute Gasteiger partial charge is 0.396 e. The molecule has 0 aliphatic heterocycles. The molecule has 0 aliphatic carbocycles. The van der Waals surface area contributed by atoms with Crippen LogP contribution >= 0.6 is 27.3 Å². The summed E-state index contributed by atoms with van der Waals surface area (Å²) in [6, 6.07) is 1.91. The lowest BCUT2D eigenvalue weighted by atomic mass is 10.2. The number of aromatic nitrogens is 2. The van der Waals surface area contributed by atoms with Gasteiger partial charge in [-0.2, -0.15) is 0 Å². The van der Waals surface area contributed by atoms with Gasteiger partial charge in [-0.15, -0.1) is 11.3 Å². The second-order valence-corrected chi connectivity index (χ2v) is 5.32. The Bertz CT molecular complexity index is 591. The predicted molar refractivity (Wildman–Crippen MR) is 71.4 cm³/mol. The number of nitrogens with one attached hydrogen (secondary N) is 1. The topological polar surface area (TPSA) is 66.0 Å². The number of aliphatic hydroxyl groups excluding tert-OH is 1. The number of rotatable bonds is 3. The first kappa shape index (κ1) is 12.5. The van der Waals surface area contributed by atoms with Crippen LogP contribution in [-0.4, -0.2) is 21.7 Å². The molecule has 6 heteroatoms. The molecule has 2 aromatic heterocycles. The maximum absolute atomic E-state index is 11.8. The lowest BCUT2D eigenvalue weighted by molar-refractivity contribution is 0.298. The summed E-state index contributed by atoms with van der Waals surface area (Å²) < 4.78 is 0.917. The van der Waals surface area contributed by atoms with E-state index in [4.69, 9.17) is 5.11 Å². The molecule has 0 radical (unpaired) electrons. The molecule has 0 spiro atoms. The number of aromatic amines is 1. The fourth-order valence-electron chi connectivity index (χ4n) is 1.59. The van der Waals surface area contributed by atoms with E-state index in [1.165, 1.54) is 11.3 Å². The minimum Gasteiger partial charge on any atom is -0.396 e. The van der Waals surface area contributed by atoms with Gasteiger partial charge in [-0.05, 0) is 34.3 Å². The normalized spacial score (nSPS) is 10.8. The van der Waals surface area contributed by atoms with Gasteiger partial charge in [0.25, 0.3) is 5.56 Å². The van der Waals surface area contributed by atoms with Crippen molar-refractivity contribution in [2.24, 2.45) is 0 Å². The highest BCUT2D eigenvalue weighted by Gasteiger charge is 2.11. The monoisotopic (exact) mass is 314 g/mol. The van der Waals surface area contributed by atoms with Crippen LogP contribution in [0.15, 0.2) is 20.7 Å². The molecule has 0 unspecified atom stereocenters. The quantitative estimate of drug-likeness (QED) is 0.911. The van der Waals surface area contributed by atoms with Crippen LogP contribution < -0.4 is 5.56 Å². The molecule has 0 amide bonds. The average molecular weight is 315 g/mol. The van der Waals surface area contributed by atoms with Gasteiger partial charge < -0.3 is 10.1 Å².